The molecule has 32 heavy (non-hydrogen) atoms. The summed E-state index contributed by atoms with van der Waals surface area (Å²) in [7, 11) is 0. The zero-order valence-corrected chi connectivity index (χ0v) is 18.1. The molecule has 5 rings (SSSR count). The number of imidazole rings is 1. The van der Waals surface area contributed by atoms with Crippen molar-refractivity contribution >= 4 is 11.2 Å². The molecule has 0 aliphatic carbocycles. The highest BCUT2D eigenvalue weighted by Gasteiger charge is 2.18. The number of tetrazole rings is 1. The van der Waals surface area contributed by atoms with Gasteiger partial charge in [-0.15, -0.1) is 10.2 Å². The van der Waals surface area contributed by atoms with Crippen LogP contribution in [0.2, 0.25) is 0 Å². The van der Waals surface area contributed by atoms with Gasteiger partial charge in [0.2, 0.25) is 5.82 Å². The van der Waals surface area contributed by atoms with E-state index in [0.29, 0.717) is 18.2 Å². The Labute approximate surface area is 185 Å². The second kappa shape index (κ2) is 7.97. The third-order valence-corrected chi connectivity index (χ3v) is 5.54. The number of aromatic nitrogens is 7. The molecule has 0 saturated carbocycles. The SMILES string of the molecule is Cc1cc(C)c2nc(C(C)O)n(Cc3ccc(-c4ccccc4-c4nn[nH]n4)cc3)c2n1. The van der Waals surface area contributed by atoms with Crippen LogP contribution in [0.1, 0.15) is 35.7 Å². The number of rotatable bonds is 5. The van der Waals surface area contributed by atoms with Crippen LogP contribution >= 0.6 is 0 Å². The number of hydrogen-bond donors (Lipinski definition) is 2. The second-order valence-electron chi connectivity index (χ2n) is 7.96. The fourth-order valence-electron chi connectivity index (χ4n) is 4.07. The molecule has 2 aromatic carbocycles. The van der Waals surface area contributed by atoms with Gasteiger partial charge >= 0.3 is 0 Å². The molecule has 160 valence electrons. The highest BCUT2D eigenvalue weighted by atomic mass is 16.3. The van der Waals surface area contributed by atoms with Gasteiger partial charge in [-0.1, -0.05) is 48.5 Å². The Bertz CT molecular complexity index is 1390. The number of aryl methyl sites for hydroxylation is 2. The van der Waals surface area contributed by atoms with Gasteiger partial charge in [-0.05, 0) is 54.3 Å². The van der Waals surface area contributed by atoms with Gasteiger partial charge in [-0.2, -0.15) is 5.21 Å². The number of aliphatic hydroxyl groups excluding tert-OH is 1. The summed E-state index contributed by atoms with van der Waals surface area (Å²) in [5, 5.41) is 24.8. The van der Waals surface area contributed by atoms with Gasteiger partial charge < -0.3 is 9.67 Å². The number of H-pyrrole nitrogens is 1. The molecule has 0 aliphatic rings. The fraction of sp³-hybridized carbons (Fsp3) is 0.208. The van der Waals surface area contributed by atoms with Crippen LogP contribution in [0.25, 0.3) is 33.7 Å². The van der Waals surface area contributed by atoms with Gasteiger partial charge in [-0.25, -0.2) is 9.97 Å². The van der Waals surface area contributed by atoms with Crippen molar-refractivity contribution in [2.75, 3.05) is 0 Å². The molecule has 3 heterocycles. The minimum absolute atomic E-state index is 0.563. The van der Waals surface area contributed by atoms with E-state index >= 15 is 0 Å². The lowest BCUT2D eigenvalue weighted by molar-refractivity contribution is 0.185. The monoisotopic (exact) mass is 425 g/mol. The first-order chi connectivity index (χ1) is 15.5. The third-order valence-electron chi connectivity index (χ3n) is 5.54. The molecule has 1 unspecified atom stereocenters. The van der Waals surface area contributed by atoms with Crippen molar-refractivity contribution in [2.45, 2.75) is 33.4 Å². The van der Waals surface area contributed by atoms with Gasteiger partial charge in [0.25, 0.3) is 0 Å². The zero-order valence-electron chi connectivity index (χ0n) is 18.1. The normalized spacial score (nSPS) is 12.4. The number of fused-ring (bicyclic) bond motifs is 1. The van der Waals surface area contributed by atoms with E-state index in [1.807, 2.05) is 48.7 Å². The lowest BCUT2D eigenvalue weighted by Crippen LogP contribution is -2.08. The maximum absolute atomic E-state index is 10.3. The van der Waals surface area contributed by atoms with Crippen molar-refractivity contribution in [1.82, 2.24) is 35.2 Å². The van der Waals surface area contributed by atoms with Crippen LogP contribution in [-0.2, 0) is 6.54 Å². The van der Waals surface area contributed by atoms with Gasteiger partial charge in [-0.3, -0.25) is 0 Å². The molecule has 8 nitrogen and oxygen atoms in total. The Morgan fingerprint density at radius 2 is 1.75 bits per heavy atom. The smallest absolute Gasteiger partial charge is 0.205 e. The van der Waals surface area contributed by atoms with E-state index in [-0.39, 0.29) is 0 Å². The van der Waals surface area contributed by atoms with Crippen molar-refractivity contribution in [3.8, 4) is 22.5 Å². The quantitative estimate of drug-likeness (QED) is 0.441. The lowest BCUT2D eigenvalue weighted by Gasteiger charge is -2.12. The van der Waals surface area contributed by atoms with Crippen LogP contribution in [0.4, 0.5) is 0 Å². The van der Waals surface area contributed by atoms with Crippen LogP contribution in [0.3, 0.4) is 0 Å². The summed E-state index contributed by atoms with van der Waals surface area (Å²) in [6.45, 7) is 6.30. The largest absolute Gasteiger partial charge is 0.385 e. The molecule has 0 radical (unpaired) electrons. The van der Waals surface area contributed by atoms with Crippen molar-refractivity contribution in [2.24, 2.45) is 0 Å². The summed E-state index contributed by atoms with van der Waals surface area (Å²) < 4.78 is 2.00. The highest BCUT2D eigenvalue weighted by Crippen LogP contribution is 2.30. The zero-order chi connectivity index (χ0) is 22.2. The molecule has 2 N–H and O–H groups in total. The summed E-state index contributed by atoms with van der Waals surface area (Å²) in [6.07, 6.45) is -0.690. The molecule has 3 aromatic heterocycles. The standard InChI is InChI=1S/C24H23N7O/c1-14-12-15(2)25-24-21(14)26-23(16(3)32)31(24)13-17-8-10-18(11-9-17)19-6-4-5-7-20(19)22-27-29-30-28-22/h4-12,16,32H,13H2,1-3H3,(H,27,28,29,30). The molecule has 0 saturated heterocycles. The van der Waals surface area contributed by atoms with E-state index in [4.69, 9.17) is 4.98 Å². The van der Waals surface area contributed by atoms with Crippen molar-refractivity contribution < 1.29 is 5.11 Å². The van der Waals surface area contributed by atoms with E-state index in [1.165, 1.54) is 0 Å². The summed E-state index contributed by atoms with van der Waals surface area (Å²) in [5.74, 6) is 1.18. The predicted molar refractivity (Wildman–Crippen MR) is 122 cm³/mol. The van der Waals surface area contributed by atoms with E-state index in [1.54, 1.807) is 6.92 Å². The number of aromatic amines is 1. The maximum Gasteiger partial charge on any atom is 0.205 e. The Morgan fingerprint density at radius 3 is 2.44 bits per heavy atom. The van der Waals surface area contributed by atoms with Crippen LogP contribution in [0.5, 0.6) is 0 Å². The minimum Gasteiger partial charge on any atom is -0.385 e. The molecule has 1 atom stereocenters. The Kier molecular flexibility index (Phi) is 4.99. The number of aliphatic hydroxyl groups is 1. The summed E-state index contributed by atoms with van der Waals surface area (Å²) in [5.41, 5.74) is 7.72. The van der Waals surface area contributed by atoms with Crippen LogP contribution < -0.4 is 0 Å². The van der Waals surface area contributed by atoms with E-state index in [9.17, 15) is 5.11 Å². The molecule has 0 amide bonds. The van der Waals surface area contributed by atoms with Gasteiger partial charge in [0.1, 0.15) is 17.4 Å². The molecule has 0 bridgehead atoms. The topological polar surface area (TPSA) is 105 Å². The number of pyridine rings is 1. The molecular formula is C24H23N7O. The molecule has 8 heteroatoms. The summed E-state index contributed by atoms with van der Waals surface area (Å²) >= 11 is 0. The van der Waals surface area contributed by atoms with Crippen LogP contribution in [0.15, 0.2) is 54.6 Å². The average molecular weight is 425 g/mol. The molecular weight excluding hydrogens is 402 g/mol. The van der Waals surface area contributed by atoms with Gasteiger partial charge in [0, 0.05) is 11.3 Å². The lowest BCUT2D eigenvalue weighted by atomic mass is 9.98. The molecule has 0 aliphatic heterocycles. The Hall–Kier alpha value is -3.91. The minimum atomic E-state index is -0.690. The first-order valence-corrected chi connectivity index (χ1v) is 10.5. The molecule has 0 fully saturated rings. The van der Waals surface area contributed by atoms with E-state index in [2.05, 4.69) is 49.9 Å². The van der Waals surface area contributed by atoms with Crippen molar-refractivity contribution in [3.05, 3.63) is 77.2 Å². The summed E-state index contributed by atoms with van der Waals surface area (Å²) in [6, 6.07) is 18.3. The predicted octanol–water partition coefficient (Wildman–Crippen LogP) is 4.00. The van der Waals surface area contributed by atoms with E-state index in [0.717, 1.165) is 44.7 Å². The molecule has 5 aromatic rings. The average Bonchev–Trinajstić information content (AvgIpc) is 3.43. The Morgan fingerprint density at radius 1 is 1.00 bits per heavy atom. The third kappa shape index (κ3) is 3.54. The maximum atomic E-state index is 10.3. The highest BCUT2D eigenvalue weighted by molar-refractivity contribution is 5.80. The van der Waals surface area contributed by atoms with Crippen LogP contribution in [0, 0.1) is 13.8 Å². The Balaban J connectivity index is 1.52. The molecule has 0 spiro atoms. The first-order valence-electron chi connectivity index (χ1n) is 10.5. The number of hydrogen-bond acceptors (Lipinski definition) is 6. The van der Waals surface area contributed by atoms with E-state index < -0.39 is 6.10 Å². The van der Waals surface area contributed by atoms with Crippen molar-refractivity contribution in [1.29, 1.82) is 0 Å². The first kappa shape index (κ1) is 20.0. The fourth-order valence-corrected chi connectivity index (χ4v) is 4.07. The van der Waals surface area contributed by atoms with Gasteiger partial charge in [0.05, 0.1) is 6.54 Å². The number of benzene rings is 2. The van der Waals surface area contributed by atoms with Crippen molar-refractivity contribution in [3.63, 3.8) is 0 Å². The summed E-state index contributed by atoms with van der Waals surface area (Å²) in [4.78, 5) is 9.39. The number of nitrogens with zero attached hydrogens (tertiary/aromatic N) is 6. The van der Waals surface area contributed by atoms with Gasteiger partial charge in [0.15, 0.2) is 5.65 Å². The van der Waals surface area contributed by atoms with Crippen LogP contribution in [-0.4, -0.2) is 40.3 Å². The number of nitrogens with one attached hydrogen (secondary N) is 1. The second-order valence-corrected chi connectivity index (χ2v) is 7.96.